The molecule has 3 nitrogen and oxygen atoms in total. The second kappa shape index (κ2) is 5.14. The lowest BCUT2D eigenvalue weighted by molar-refractivity contribution is -0.143. The summed E-state index contributed by atoms with van der Waals surface area (Å²) in [5.74, 6) is 0. The summed E-state index contributed by atoms with van der Waals surface area (Å²) in [6, 6.07) is 0.312. The van der Waals surface area contributed by atoms with E-state index in [0.717, 1.165) is 12.8 Å². The van der Waals surface area contributed by atoms with Crippen molar-refractivity contribution < 1.29 is 17.9 Å². The maximum atomic E-state index is 12.4. The molecule has 2 aliphatic rings. The highest BCUT2D eigenvalue weighted by Crippen LogP contribution is 2.37. The number of ether oxygens (including phenoxy) is 1. The van der Waals surface area contributed by atoms with Gasteiger partial charge >= 0.3 is 6.18 Å². The molecule has 2 rings (SSSR count). The van der Waals surface area contributed by atoms with Crippen LogP contribution in [0.5, 0.6) is 0 Å². The third kappa shape index (κ3) is 4.09. The van der Waals surface area contributed by atoms with Crippen molar-refractivity contribution in [3.63, 3.8) is 0 Å². The molecule has 0 saturated carbocycles. The smallest absolute Gasteiger partial charge is 0.368 e. The van der Waals surface area contributed by atoms with Gasteiger partial charge in [-0.25, -0.2) is 0 Å². The number of nitrogens with one attached hydrogen (secondary N) is 1. The summed E-state index contributed by atoms with van der Waals surface area (Å²) in [7, 11) is 0. The third-order valence-electron chi connectivity index (χ3n) is 4.19. The van der Waals surface area contributed by atoms with Crippen molar-refractivity contribution >= 4 is 0 Å². The first-order chi connectivity index (χ1) is 8.97. The number of nitrogens with zero attached hydrogens (tertiary/aromatic N) is 1. The van der Waals surface area contributed by atoms with Crippen molar-refractivity contribution in [2.75, 3.05) is 19.6 Å². The molecule has 0 amide bonds. The van der Waals surface area contributed by atoms with Crippen molar-refractivity contribution in [2.45, 2.75) is 70.0 Å². The summed E-state index contributed by atoms with van der Waals surface area (Å²) in [4.78, 5) is 1.48. The van der Waals surface area contributed by atoms with Crippen molar-refractivity contribution in [2.24, 2.45) is 0 Å². The molecule has 0 unspecified atom stereocenters. The summed E-state index contributed by atoms with van der Waals surface area (Å²) in [6.45, 7) is 8.37. The zero-order valence-corrected chi connectivity index (χ0v) is 12.7. The van der Waals surface area contributed by atoms with Crippen LogP contribution in [-0.2, 0) is 4.74 Å². The summed E-state index contributed by atoms with van der Waals surface area (Å²) < 4.78 is 43.2. The molecule has 0 spiro atoms. The van der Waals surface area contributed by atoms with Gasteiger partial charge in [-0.05, 0) is 40.5 Å². The highest BCUT2D eigenvalue weighted by Gasteiger charge is 2.47. The maximum Gasteiger partial charge on any atom is 0.401 e. The predicted octanol–water partition coefficient (Wildman–Crippen LogP) is 2.56. The van der Waals surface area contributed by atoms with Crippen LogP contribution in [0, 0.1) is 0 Å². The van der Waals surface area contributed by atoms with Crippen molar-refractivity contribution in [1.82, 2.24) is 10.2 Å². The van der Waals surface area contributed by atoms with Gasteiger partial charge in [-0.1, -0.05) is 0 Å². The van der Waals surface area contributed by atoms with Gasteiger partial charge in [0.2, 0.25) is 0 Å². The fraction of sp³-hybridized carbons (Fsp3) is 1.00. The van der Waals surface area contributed by atoms with Crippen LogP contribution in [0.2, 0.25) is 0 Å². The van der Waals surface area contributed by atoms with Gasteiger partial charge in [-0.3, -0.25) is 4.90 Å². The van der Waals surface area contributed by atoms with Crippen LogP contribution in [0.1, 0.15) is 40.5 Å². The average molecular weight is 294 g/mol. The summed E-state index contributed by atoms with van der Waals surface area (Å²) in [6.07, 6.45) is -2.45. The largest absolute Gasteiger partial charge is 0.401 e. The van der Waals surface area contributed by atoms with E-state index in [9.17, 15) is 13.2 Å². The van der Waals surface area contributed by atoms with Crippen LogP contribution in [0.25, 0.3) is 0 Å². The van der Waals surface area contributed by atoms with Crippen molar-refractivity contribution in [3.05, 3.63) is 0 Å². The second-order valence-electron chi connectivity index (χ2n) is 7.22. The van der Waals surface area contributed by atoms with Crippen LogP contribution in [0.15, 0.2) is 0 Å². The standard InChI is InChI=1S/C14H25F3N2O/c1-12(2)7-11(13(3,4)20-12)18-10-5-6-19(8-10)9-14(15,16)17/h10-11,18H,5-9H2,1-4H3/t10-,11+/m0/s1. The fourth-order valence-corrected chi connectivity index (χ4v) is 3.47. The zero-order valence-electron chi connectivity index (χ0n) is 12.7. The number of alkyl halides is 3. The Morgan fingerprint density at radius 1 is 1.25 bits per heavy atom. The number of hydrogen-bond donors (Lipinski definition) is 1. The monoisotopic (exact) mass is 294 g/mol. The minimum Gasteiger partial charge on any atom is -0.368 e. The first-order valence-corrected chi connectivity index (χ1v) is 7.22. The summed E-state index contributed by atoms with van der Waals surface area (Å²) >= 11 is 0. The normalized spacial score (nSPS) is 33.8. The number of hydrogen-bond acceptors (Lipinski definition) is 3. The molecular weight excluding hydrogens is 269 g/mol. The van der Waals surface area contributed by atoms with Crippen LogP contribution in [-0.4, -0.2) is 54.0 Å². The molecular formula is C14H25F3N2O. The van der Waals surface area contributed by atoms with Gasteiger partial charge in [0, 0.05) is 25.2 Å². The Hall–Kier alpha value is -0.330. The Balaban J connectivity index is 1.86. The molecule has 0 bridgehead atoms. The van der Waals surface area contributed by atoms with Crippen LogP contribution >= 0.6 is 0 Å². The quantitative estimate of drug-likeness (QED) is 0.866. The lowest BCUT2D eigenvalue weighted by Gasteiger charge is -2.30. The molecule has 118 valence electrons. The van der Waals surface area contributed by atoms with Crippen molar-refractivity contribution in [3.8, 4) is 0 Å². The van der Waals surface area contributed by atoms with Gasteiger partial charge in [0.1, 0.15) is 0 Å². The molecule has 2 atom stereocenters. The van der Waals surface area contributed by atoms with E-state index in [1.165, 1.54) is 4.90 Å². The molecule has 2 saturated heterocycles. The molecule has 2 heterocycles. The Morgan fingerprint density at radius 2 is 1.90 bits per heavy atom. The third-order valence-corrected chi connectivity index (χ3v) is 4.19. The van der Waals surface area contributed by atoms with Gasteiger partial charge in [-0.2, -0.15) is 13.2 Å². The molecule has 0 aromatic carbocycles. The first kappa shape index (κ1) is 16.0. The predicted molar refractivity (Wildman–Crippen MR) is 71.7 cm³/mol. The fourth-order valence-electron chi connectivity index (χ4n) is 3.47. The van der Waals surface area contributed by atoms with Gasteiger partial charge in [0.05, 0.1) is 17.7 Å². The molecule has 2 aliphatic heterocycles. The molecule has 6 heteroatoms. The minimum atomic E-state index is -4.10. The second-order valence-corrected chi connectivity index (χ2v) is 7.22. The topological polar surface area (TPSA) is 24.5 Å². The van der Waals surface area contributed by atoms with Gasteiger partial charge < -0.3 is 10.1 Å². The van der Waals surface area contributed by atoms with E-state index >= 15 is 0 Å². The van der Waals surface area contributed by atoms with E-state index in [1.54, 1.807) is 0 Å². The van der Waals surface area contributed by atoms with Gasteiger partial charge in [-0.15, -0.1) is 0 Å². The van der Waals surface area contributed by atoms with Gasteiger partial charge in [0.15, 0.2) is 0 Å². The Morgan fingerprint density at radius 3 is 2.40 bits per heavy atom. The lowest BCUT2D eigenvalue weighted by atomic mass is 9.93. The van der Waals surface area contributed by atoms with Crippen LogP contribution in [0.4, 0.5) is 13.2 Å². The molecule has 0 radical (unpaired) electrons. The first-order valence-electron chi connectivity index (χ1n) is 7.22. The number of rotatable bonds is 3. The highest BCUT2D eigenvalue weighted by molar-refractivity contribution is 5.01. The number of likely N-dealkylation sites (tertiary alicyclic amines) is 1. The summed E-state index contributed by atoms with van der Waals surface area (Å²) in [5.41, 5.74) is -0.452. The Bertz CT molecular complexity index is 355. The average Bonchev–Trinajstić information content (AvgIpc) is 2.66. The molecule has 20 heavy (non-hydrogen) atoms. The molecule has 1 N–H and O–H groups in total. The van der Waals surface area contributed by atoms with Crippen LogP contribution in [0.3, 0.4) is 0 Å². The summed E-state index contributed by atoms with van der Waals surface area (Å²) in [5, 5.41) is 3.51. The van der Waals surface area contributed by atoms with E-state index in [2.05, 4.69) is 19.2 Å². The maximum absolute atomic E-state index is 12.4. The molecule has 0 aromatic heterocycles. The SMILES string of the molecule is CC1(C)C[C@@H](N[C@H]2CCN(CC(F)(F)F)C2)C(C)(C)O1. The molecule has 2 fully saturated rings. The van der Waals surface area contributed by atoms with Gasteiger partial charge in [0.25, 0.3) is 0 Å². The number of halogens is 3. The van der Waals surface area contributed by atoms with E-state index in [1.807, 2.05) is 13.8 Å². The molecule has 0 aliphatic carbocycles. The van der Waals surface area contributed by atoms with E-state index in [0.29, 0.717) is 13.1 Å². The highest BCUT2D eigenvalue weighted by atomic mass is 19.4. The lowest BCUT2D eigenvalue weighted by Crippen LogP contribution is -2.49. The Labute approximate surface area is 118 Å². The Kier molecular flexibility index (Phi) is 4.13. The van der Waals surface area contributed by atoms with E-state index in [-0.39, 0.29) is 23.3 Å². The van der Waals surface area contributed by atoms with E-state index < -0.39 is 12.7 Å². The van der Waals surface area contributed by atoms with Crippen molar-refractivity contribution in [1.29, 1.82) is 0 Å². The minimum absolute atomic E-state index is 0.124. The van der Waals surface area contributed by atoms with Crippen LogP contribution < -0.4 is 5.32 Å². The molecule has 0 aromatic rings. The zero-order chi connectivity index (χ0) is 15.2. The van der Waals surface area contributed by atoms with E-state index in [4.69, 9.17) is 4.74 Å².